The Morgan fingerprint density at radius 2 is 1.75 bits per heavy atom. The number of hydrogen-bond acceptors (Lipinski definition) is 3. The van der Waals surface area contributed by atoms with Gasteiger partial charge in [0.25, 0.3) is 0 Å². The summed E-state index contributed by atoms with van der Waals surface area (Å²) in [6.45, 7) is 0.921. The zero-order chi connectivity index (χ0) is 16.5. The van der Waals surface area contributed by atoms with E-state index >= 15 is 0 Å². The van der Waals surface area contributed by atoms with E-state index in [-0.39, 0.29) is 22.9 Å². The largest absolute Gasteiger partial charge is 1.00 e. The minimum absolute atomic E-state index is 0. The first kappa shape index (κ1) is 20.0. The van der Waals surface area contributed by atoms with Crippen LogP contribution in [-0.2, 0) is 11.3 Å². The molecule has 1 amide bonds. The van der Waals surface area contributed by atoms with Gasteiger partial charge in [0.1, 0.15) is 6.54 Å². The van der Waals surface area contributed by atoms with E-state index in [2.05, 4.69) is 9.88 Å². The van der Waals surface area contributed by atoms with E-state index in [0.29, 0.717) is 23.6 Å². The van der Waals surface area contributed by atoms with Crippen LogP contribution in [0.4, 0.5) is 5.69 Å². The SMILES string of the molecule is COc1ccc(NC(=O)CCCC[n+]2ccccc2)cc1OC.[Br-]. The molecule has 2 aromatic rings. The Kier molecular flexibility index (Phi) is 8.86. The zero-order valence-corrected chi connectivity index (χ0v) is 15.6. The first-order valence-corrected chi connectivity index (χ1v) is 7.69. The lowest BCUT2D eigenvalue weighted by Gasteiger charge is -2.10. The Hall–Kier alpha value is -2.08. The summed E-state index contributed by atoms with van der Waals surface area (Å²) in [7, 11) is 3.16. The van der Waals surface area contributed by atoms with Crippen LogP contribution in [0.3, 0.4) is 0 Å². The van der Waals surface area contributed by atoms with Crippen LogP contribution >= 0.6 is 0 Å². The van der Waals surface area contributed by atoms with E-state index in [1.807, 2.05) is 30.6 Å². The summed E-state index contributed by atoms with van der Waals surface area (Å²) in [5.74, 6) is 1.26. The summed E-state index contributed by atoms with van der Waals surface area (Å²) < 4.78 is 12.5. The molecule has 2 rings (SSSR count). The van der Waals surface area contributed by atoms with Gasteiger partial charge in [-0.05, 0) is 18.6 Å². The second-order valence-electron chi connectivity index (χ2n) is 5.19. The monoisotopic (exact) mass is 394 g/mol. The zero-order valence-electron chi connectivity index (χ0n) is 14.0. The van der Waals surface area contributed by atoms with Crippen molar-refractivity contribution in [2.24, 2.45) is 0 Å². The first-order chi connectivity index (χ1) is 11.2. The molecular weight excluding hydrogens is 372 g/mol. The number of amides is 1. The fourth-order valence-electron chi connectivity index (χ4n) is 2.30. The van der Waals surface area contributed by atoms with Gasteiger partial charge in [0.2, 0.25) is 5.91 Å². The average Bonchev–Trinajstić information content (AvgIpc) is 2.59. The summed E-state index contributed by atoms with van der Waals surface area (Å²) >= 11 is 0. The summed E-state index contributed by atoms with van der Waals surface area (Å²) in [6.07, 6.45) is 6.38. The van der Waals surface area contributed by atoms with E-state index in [4.69, 9.17) is 9.47 Å². The number of aromatic nitrogens is 1. The molecule has 0 aliphatic carbocycles. The first-order valence-electron chi connectivity index (χ1n) is 7.69. The average molecular weight is 395 g/mol. The van der Waals surface area contributed by atoms with Crippen LogP contribution < -0.4 is 36.3 Å². The topological polar surface area (TPSA) is 51.4 Å². The maximum atomic E-state index is 12.0. The number of carbonyl (C=O) groups is 1. The fraction of sp³-hybridized carbons (Fsp3) is 0.333. The number of ether oxygens (including phenoxy) is 2. The quantitative estimate of drug-likeness (QED) is 0.498. The molecule has 1 N–H and O–H groups in total. The van der Waals surface area contributed by atoms with E-state index < -0.39 is 0 Å². The molecule has 0 spiro atoms. The highest BCUT2D eigenvalue weighted by Crippen LogP contribution is 2.29. The van der Waals surface area contributed by atoms with Crippen molar-refractivity contribution in [3.05, 3.63) is 48.8 Å². The highest BCUT2D eigenvalue weighted by Gasteiger charge is 2.08. The van der Waals surface area contributed by atoms with E-state index in [1.165, 1.54) is 0 Å². The number of pyridine rings is 1. The molecule has 0 saturated carbocycles. The molecule has 130 valence electrons. The Bertz CT molecular complexity index is 635. The lowest BCUT2D eigenvalue weighted by atomic mass is 10.2. The molecule has 0 saturated heterocycles. The van der Waals surface area contributed by atoms with Crippen molar-refractivity contribution in [2.75, 3.05) is 19.5 Å². The number of nitrogens with one attached hydrogen (secondary N) is 1. The highest BCUT2D eigenvalue weighted by molar-refractivity contribution is 5.91. The van der Waals surface area contributed by atoms with Crippen LogP contribution in [0.5, 0.6) is 11.5 Å². The molecule has 5 nitrogen and oxygen atoms in total. The Morgan fingerprint density at radius 3 is 2.42 bits per heavy atom. The highest BCUT2D eigenvalue weighted by atomic mass is 79.9. The number of benzene rings is 1. The number of aryl methyl sites for hydroxylation is 1. The molecule has 0 aliphatic heterocycles. The molecule has 0 bridgehead atoms. The number of carbonyl (C=O) groups excluding carboxylic acids is 1. The molecule has 1 heterocycles. The molecule has 6 heteroatoms. The van der Waals surface area contributed by atoms with Crippen molar-refractivity contribution in [3.8, 4) is 11.5 Å². The second-order valence-corrected chi connectivity index (χ2v) is 5.19. The van der Waals surface area contributed by atoms with Crippen molar-refractivity contribution in [3.63, 3.8) is 0 Å². The number of hydrogen-bond donors (Lipinski definition) is 1. The standard InChI is InChI=1S/C18H22N2O3.BrH/c1-22-16-10-9-15(14-17(16)23-2)19-18(21)8-4-7-13-20-11-5-3-6-12-20;/h3,5-6,9-12,14H,4,7-8,13H2,1-2H3;1H. The Balaban J connectivity index is 0.00000288. The van der Waals surface area contributed by atoms with Gasteiger partial charge in [-0.1, -0.05) is 6.07 Å². The van der Waals surface area contributed by atoms with Crippen LogP contribution in [0.2, 0.25) is 0 Å². The molecule has 0 radical (unpaired) electrons. The molecule has 1 aromatic heterocycles. The van der Waals surface area contributed by atoms with Gasteiger partial charge in [-0.3, -0.25) is 4.79 Å². The Labute approximate surface area is 153 Å². The molecule has 0 unspecified atom stereocenters. The third-order valence-electron chi connectivity index (χ3n) is 3.51. The van der Waals surface area contributed by atoms with Crippen LogP contribution in [0.1, 0.15) is 19.3 Å². The van der Waals surface area contributed by atoms with Crippen LogP contribution in [0.25, 0.3) is 0 Å². The third kappa shape index (κ3) is 6.20. The third-order valence-corrected chi connectivity index (χ3v) is 3.51. The molecule has 0 fully saturated rings. The van der Waals surface area contributed by atoms with Gasteiger partial charge in [0.15, 0.2) is 23.9 Å². The van der Waals surface area contributed by atoms with Crippen molar-refractivity contribution < 1.29 is 35.8 Å². The maximum Gasteiger partial charge on any atom is 0.224 e. The number of anilines is 1. The van der Waals surface area contributed by atoms with E-state index in [0.717, 1.165) is 19.4 Å². The Morgan fingerprint density at radius 1 is 1.04 bits per heavy atom. The lowest BCUT2D eigenvalue weighted by molar-refractivity contribution is -0.697. The molecule has 0 aliphatic rings. The van der Waals surface area contributed by atoms with Gasteiger partial charge in [0, 0.05) is 36.7 Å². The summed E-state index contributed by atoms with van der Waals surface area (Å²) in [6, 6.07) is 11.3. The number of rotatable bonds is 8. The summed E-state index contributed by atoms with van der Waals surface area (Å²) in [5.41, 5.74) is 0.713. The van der Waals surface area contributed by atoms with Crippen LogP contribution in [-0.4, -0.2) is 20.1 Å². The van der Waals surface area contributed by atoms with Crippen molar-refractivity contribution >= 4 is 11.6 Å². The second kappa shape index (κ2) is 10.6. The lowest BCUT2D eigenvalue weighted by Crippen LogP contribution is -3.00. The van der Waals surface area contributed by atoms with Gasteiger partial charge in [0.05, 0.1) is 14.2 Å². The van der Waals surface area contributed by atoms with Crippen molar-refractivity contribution in [1.82, 2.24) is 0 Å². The number of methoxy groups -OCH3 is 2. The summed E-state index contributed by atoms with van der Waals surface area (Å²) in [4.78, 5) is 12.0. The maximum absolute atomic E-state index is 12.0. The predicted octanol–water partition coefficient (Wildman–Crippen LogP) is -0.196. The molecule has 1 aromatic carbocycles. The van der Waals surface area contributed by atoms with Crippen molar-refractivity contribution in [1.29, 1.82) is 0 Å². The molecule has 24 heavy (non-hydrogen) atoms. The normalized spacial score (nSPS) is 9.75. The number of halogens is 1. The van der Waals surface area contributed by atoms with E-state index in [9.17, 15) is 4.79 Å². The van der Waals surface area contributed by atoms with Gasteiger partial charge in [-0.25, -0.2) is 4.57 Å². The molecular formula is C18H23BrN2O3. The smallest absolute Gasteiger partial charge is 0.224 e. The minimum Gasteiger partial charge on any atom is -1.00 e. The number of nitrogens with zero attached hydrogens (tertiary/aromatic N) is 1. The predicted molar refractivity (Wildman–Crippen MR) is 88.7 cm³/mol. The van der Waals surface area contributed by atoms with Gasteiger partial charge in [-0.2, -0.15) is 0 Å². The fourth-order valence-corrected chi connectivity index (χ4v) is 2.30. The number of unbranched alkanes of at least 4 members (excludes halogenated alkanes) is 1. The van der Waals surface area contributed by atoms with Gasteiger partial charge < -0.3 is 31.8 Å². The van der Waals surface area contributed by atoms with Crippen molar-refractivity contribution in [2.45, 2.75) is 25.8 Å². The van der Waals surface area contributed by atoms with Gasteiger partial charge >= 0.3 is 0 Å². The van der Waals surface area contributed by atoms with Crippen LogP contribution in [0, 0.1) is 0 Å². The van der Waals surface area contributed by atoms with E-state index in [1.54, 1.807) is 32.4 Å². The molecule has 0 atom stereocenters. The summed E-state index contributed by atoms with van der Waals surface area (Å²) in [5, 5.41) is 2.89. The van der Waals surface area contributed by atoms with Gasteiger partial charge in [-0.15, -0.1) is 0 Å². The van der Waals surface area contributed by atoms with Crippen LogP contribution in [0.15, 0.2) is 48.8 Å². The minimum atomic E-state index is 0.